The van der Waals surface area contributed by atoms with E-state index >= 15 is 0 Å². The van der Waals surface area contributed by atoms with Crippen molar-refractivity contribution in [2.45, 2.75) is 58.9 Å². The van der Waals surface area contributed by atoms with Crippen LogP contribution in [-0.4, -0.2) is 35.2 Å². The quantitative estimate of drug-likeness (QED) is 0.457. The topological polar surface area (TPSA) is 75.3 Å². The Labute approximate surface area is 126 Å². The summed E-state index contributed by atoms with van der Waals surface area (Å²) in [7, 11) is 0. The second-order valence-corrected chi connectivity index (χ2v) is 6.03. The lowest BCUT2D eigenvalue weighted by molar-refractivity contribution is 0.369. The maximum absolute atomic E-state index is 5.23. The summed E-state index contributed by atoms with van der Waals surface area (Å²) < 4.78 is 5.23. The Hall–Kier alpha value is -1.59. The first kappa shape index (κ1) is 15.8. The Kier molecular flexibility index (Phi) is 5.59. The predicted molar refractivity (Wildman–Crippen MR) is 83.4 cm³/mol. The minimum Gasteiger partial charge on any atom is -0.357 e. The number of aryl methyl sites for hydroxylation is 1. The highest BCUT2D eigenvalue weighted by molar-refractivity contribution is 5.80. The number of hydrogen-bond donors (Lipinski definition) is 2. The standard InChI is InChI=1S/C15H27N5O/c1-5-16-15(18-12-9-11(12)4)17-8-6-7-13-19-14(10(2)3)20-21-13/h10-12H,5-9H2,1-4H3,(H2,16,17,18). The minimum absolute atomic E-state index is 0.311. The van der Waals surface area contributed by atoms with E-state index in [1.165, 1.54) is 6.42 Å². The predicted octanol–water partition coefficient (Wildman–Crippen LogP) is 2.09. The van der Waals surface area contributed by atoms with Gasteiger partial charge < -0.3 is 15.2 Å². The average molecular weight is 293 g/mol. The number of nitrogens with zero attached hydrogens (tertiary/aromatic N) is 3. The van der Waals surface area contributed by atoms with Crippen LogP contribution in [0.4, 0.5) is 0 Å². The van der Waals surface area contributed by atoms with Crippen LogP contribution >= 0.6 is 0 Å². The van der Waals surface area contributed by atoms with Crippen LogP contribution in [0.25, 0.3) is 0 Å². The van der Waals surface area contributed by atoms with Gasteiger partial charge in [0.05, 0.1) is 0 Å². The summed E-state index contributed by atoms with van der Waals surface area (Å²) in [6, 6.07) is 0.590. The molecule has 21 heavy (non-hydrogen) atoms. The van der Waals surface area contributed by atoms with E-state index in [4.69, 9.17) is 4.52 Å². The molecule has 1 fully saturated rings. The van der Waals surface area contributed by atoms with Crippen LogP contribution < -0.4 is 10.6 Å². The maximum Gasteiger partial charge on any atom is 0.226 e. The lowest BCUT2D eigenvalue weighted by atomic mass is 10.2. The molecule has 6 nitrogen and oxygen atoms in total. The molecule has 1 aromatic heterocycles. The molecule has 2 N–H and O–H groups in total. The summed E-state index contributed by atoms with van der Waals surface area (Å²) in [6.07, 6.45) is 2.93. The van der Waals surface area contributed by atoms with Gasteiger partial charge in [0.15, 0.2) is 11.8 Å². The van der Waals surface area contributed by atoms with E-state index in [2.05, 4.69) is 53.5 Å². The van der Waals surface area contributed by atoms with Crippen molar-refractivity contribution >= 4 is 5.96 Å². The summed E-state index contributed by atoms with van der Waals surface area (Å²) in [5.41, 5.74) is 0. The van der Waals surface area contributed by atoms with Gasteiger partial charge in [0.2, 0.25) is 5.89 Å². The molecule has 0 amide bonds. The zero-order valence-corrected chi connectivity index (χ0v) is 13.5. The fourth-order valence-electron chi connectivity index (χ4n) is 2.04. The molecule has 1 aliphatic rings. The van der Waals surface area contributed by atoms with E-state index in [1.54, 1.807) is 0 Å². The molecule has 0 bridgehead atoms. The summed E-state index contributed by atoms with van der Waals surface area (Å²) in [4.78, 5) is 8.96. The first-order chi connectivity index (χ1) is 10.1. The largest absolute Gasteiger partial charge is 0.357 e. The molecule has 0 saturated heterocycles. The van der Waals surface area contributed by atoms with Gasteiger partial charge >= 0.3 is 0 Å². The molecule has 6 heteroatoms. The Morgan fingerprint density at radius 1 is 1.48 bits per heavy atom. The van der Waals surface area contributed by atoms with E-state index in [-0.39, 0.29) is 0 Å². The van der Waals surface area contributed by atoms with Gasteiger partial charge in [-0.05, 0) is 25.7 Å². The third-order valence-corrected chi connectivity index (χ3v) is 3.59. The summed E-state index contributed by atoms with van der Waals surface area (Å²) in [5.74, 6) is 3.49. The van der Waals surface area contributed by atoms with Crippen molar-refractivity contribution in [1.82, 2.24) is 20.8 Å². The number of rotatable bonds is 7. The fourth-order valence-corrected chi connectivity index (χ4v) is 2.04. The van der Waals surface area contributed by atoms with Crippen molar-refractivity contribution in [3.8, 4) is 0 Å². The number of hydrogen-bond acceptors (Lipinski definition) is 4. The molecule has 0 aromatic carbocycles. The van der Waals surface area contributed by atoms with Crippen LogP contribution in [0.15, 0.2) is 9.52 Å². The smallest absolute Gasteiger partial charge is 0.226 e. The van der Waals surface area contributed by atoms with Gasteiger partial charge in [-0.25, -0.2) is 0 Å². The molecule has 1 aliphatic carbocycles. The van der Waals surface area contributed by atoms with Crippen LogP contribution in [0, 0.1) is 5.92 Å². The highest BCUT2D eigenvalue weighted by Gasteiger charge is 2.33. The molecule has 118 valence electrons. The zero-order chi connectivity index (χ0) is 15.2. The van der Waals surface area contributed by atoms with Crippen LogP contribution in [-0.2, 0) is 6.42 Å². The third kappa shape index (κ3) is 5.02. The Morgan fingerprint density at radius 2 is 2.24 bits per heavy atom. The lowest BCUT2D eigenvalue weighted by Gasteiger charge is -2.10. The SMILES string of the molecule is CCNC(=NCCCc1nc(C(C)C)no1)NC1CC1C. The van der Waals surface area contributed by atoms with E-state index in [9.17, 15) is 0 Å². The van der Waals surface area contributed by atoms with Crippen LogP contribution in [0.1, 0.15) is 58.2 Å². The first-order valence-corrected chi connectivity index (χ1v) is 7.97. The number of nitrogens with one attached hydrogen (secondary N) is 2. The summed E-state index contributed by atoms with van der Waals surface area (Å²) >= 11 is 0. The van der Waals surface area contributed by atoms with Crippen LogP contribution in [0.3, 0.4) is 0 Å². The number of aliphatic imine (C=N–C) groups is 1. The van der Waals surface area contributed by atoms with Crippen molar-refractivity contribution in [2.75, 3.05) is 13.1 Å². The highest BCUT2D eigenvalue weighted by Crippen LogP contribution is 2.28. The van der Waals surface area contributed by atoms with Gasteiger partial charge in [0.25, 0.3) is 0 Å². The first-order valence-electron chi connectivity index (χ1n) is 7.97. The molecule has 0 radical (unpaired) electrons. The summed E-state index contributed by atoms with van der Waals surface area (Å²) in [5, 5.41) is 10.7. The maximum atomic E-state index is 5.23. The van der Waals surface area contributed by atoms with Gasteiger partial charge in [0.1, 0.15) is 0 Å². The van der Waals surface area contributed by atoms with Gasteiger partial charge in [-0.3, -0.25) is 4.99 Å². The Balaban J connectivity index is 1.73. The molecular formula is C15H27N5O. The van der Waals surface area contributed by atoms with E-state index in [1.807, 2.05) is 0 Å². The average Bonchev–Trinajstić information content (AvgIpc) is 2.94. The fraction of sp³-hybridized carbons (Fsp3) is 0.800. The van der Waals surface area contributed by atoms with Gasteiger partial charge in [-0.2, -0.15) is 4.98 Å². The van der Waals surface area contributed by atoms with Gasteiger partial charge in [-0.15, -0.1) is 0 Å². The van der Waals surface area contributed by atoms with Gasteiger partial charge in [-0.1, -0.05) is 25.9 Å². The van der Waals surface area contributed by atoms with Crippen molar-refractivity contribution in [3.05, 3.63) is 11.7 Å². The molecule has 1 heterocycles. The Bertz CT molecular complexity index is 468. The van der Waals surface area contributed by atoms with Crippen molar-refractivity contribution in [3.63, 3.8) is 0 Å². The molecule has 1 saturated carbocycles. The Morgan fingerprint density at radius 3 is 2.81 bits per heavy atom. The second kappa shape index (κ2) is 7.43. The normalized spacial score (nSPS) is 21.7. The van der Waals surface area contributed by atoms with Crippen molar-refractivity contribution in [1.29, 1.82) is 0 Å². The molecule has 2 rings (SSSR count). The second-order valence-electron chi connectivity index (χ2n) is 6.03. The van der Waals surface area contributed by atoms with Crippen molar-refractivity contribution in [2.24, 2.45) is 10.9 Å². The van der Waals surface area contributed by atoms with Gasteiger partial charge in [0, 0.05) is 31.5 Å². The molecule has 0 spiro atoms. The van der Waals surface area contributed by atoms with E-state index in [0.717, 1.165) is 43.6 Å². The lowest BCUT2D eigenvalue weighted by Crippen LogP contribution is -2.39. The van der Waals surface area contributed by atoms with E-state index in [0.29, 0.717) is 17.9 Å². The third-order valence-electron chi connectivity index (χ3n) is 3.59. The molecular weight excluding hydrogens is 266 g/mol. The summed E-state index contributed by atoms with van der Waals surface area (Å²) in [6.45, 7) is 10.1. The van der Waals surface area contributed by atoms with Crippen LogP contribution in [0.5, 0.6) is 0 Å². The number of aromatic nitrogens is 2. The highest BCUT2D eigenvalue weighted by atomic mass is 16.5. The number of guanidine groups is 1. The molecule has 0 aliphatic heterocycles. The molecule has 2 atom stereocenters. The molecule has 1 aromatic rings. The van der Waals surface area contributed by atoms with E-state index < -0.39 is 0 Å². The van der Waals surface area contributed by atoms with Crippen molar-refractivity contribution < 1.29 is 4.52 Å². The molecule has 2 unspecified atom stereocenters. The monoisotopic (exact) mass is 293 g/mol. The minimum atomic E-state index is 0.311. The zero-order valence-electron chi connectivity index (χ0n) is 13.5. The van der Waals surface area contributed by atoms with Crippen LogP contribution in [0.2, 0.25) is 0 Å².